The van der Waals surface area contributed by atoms with Gasteiger partial charge in [-0.05, 0) is 27.7 Å². The molecular formula is C19H17B12NO3. The zero-order valence-electron chi connectivity index (χ0n) is 20.5. The summed E-state index contributed by atoms with van der Waals surface area (Å²) in [6.45, 7) is 3.61. The summed E-state index contributed by atoms with van der Waals surface area (Å²) in [4.78, 5) is 1.05. The number of rotatable bonds is 4. The van der Waals surface area contributed by atoms with E-state index in [1.54, 1.807) is 13.8 Å². The van der Waals surface area contributed by atoms with Gasteiger partial charge in [0.1, 0.15) is 23.5 Å². The van der Waals surface area contributed by atoms with Gasteiger partial charge >= 0.3 is 0 Å². The van der Waals surface area contributed by atoms with Crippen LogP contribution in [0.15, 0.2) is 0 Å². The smallest absolute Gasteiger partial charge is 0.153 e. The molecule has 0 saturated carbocycles. The van der Waals surface area contributed by atoms with Crippen molar-refractivity contribution in [3.8, 4) is 11.5 Å². The molecule has 4 nitrogen and oxygen atoms in total. The van der Waals surface area contributed by atoms with Crippen LogP contribution in [0.5, 0.6) is 11.5 Å². The Hall–Kier alpha value is -0.481. The summed E-state index contributed by atoms with van der Waals surface area (Å²) in [6.07, 6.45) is -0.0546. The molecule has 1 aromatic rings. The van der Waals surface area contributed by atoms with Crippen molar-refractivity contribution in [1.82, 2.24) is 4.90 Å². The molecule has 0 aromatic heterocycles. The topological polar surface area (TPSA) is 41.9 Å². The second-order valence-corrected chi connectivity index (χ2v) is 10.2. The maximum atomic E-state index is 11.7. The Labute approximate surface area is 225 Å². The van der Waals surface area contributed by atoms with E-state index in [1.807, 2.05) is 0 Å². The highest BCUT2D eigenvalue weighted by Gasteiger charge is 2.70. The number of nitrogens with zero attached hydrogens (tertiary/aromatic N) is 1. The van der Waals surface area contributed by atoms with Crippen LogP contribution < -0.4 is 20.4 Å². The summed E-state index contributed by atoms with van der Waals surface area (Å²) in [7, 11) is 81.4. The molecule has 0 aliphatic carbocycles. The van der Waals surface area contributed by atoms with E-state index < -0.39 is 38.0 Å². The van der Waals surface area contributed by atoms with Gasteiger partial charge in [0.2, 0.25) is 0 Å². The zero-order valence-corrected chi connectivity index (χ0v) is 20.5. The molecule has 1 aromatic carbocycles. The van der Waals surface area contributed by atoms with Gasteiger partial charge in [0.15, 0.2) is 11.5 Å². The number of aliphatic hydroxyl groups is 1. The van der Waals surface area contributed by atoms with Crippen molar-refractivity contribution >= 4 is 105 Å². The van der Waals surface area contributed by atoms with E-state index in [1.165, 1.54) is 14.2 Å². The van der Waals surface area contributed by atoms with Gasteiger partial charge in [-0.2, -0.15) is 0 Å². The van der Waals surface area contributed by atoms with E-state index in [-0.39, 0.29) is 45.9 Å². The number of hydrogen-bond acceptors (Lipinski definition) is 4. The summed E-state index contributed by atoms with van der Waals surface area (Å²) in [6, 6.07) is -1.51. The van der Waals surface area contributed by atoms with Crippen molar-refractivity contribution in [2.75, 3.05) is 14.2 Å². The van der Waals surface area contributed by atoms with Crippen molar-refractivity contribution in [3.63, 3.8) is 0 Å². The average Bonchev–Trinajstić information content (AvgIpc) is 2.69. The Bertz CT molecular complexity index is 1040. The Balaban J connectivity index is 2.59. The molecule has 16 heteroatoms. The van der Waals surface area contributed by atoms with Crippen LogP contribution in [-0.2, 0) is 5.21 Å². The molecule has 3 unspecified atom stereocenters. The molecule has 35 heavy (non-hydrogen) atoms. The Morgan fingerprint density at radius 2 is 1.29 bits per heavy atom. The minimum absolute atomic E-state index is 0.00239. The van der Waals surface area contributed by atoms with Crippen molar-refractivity contribution < 1.29 is 14.6 Å². The molecule has 0 bridgehead atoms. The van der Waals surface area contributed by atoms with Crippen LogP contribution in [0, 0.1) is 5.92 Å². The number of benzene rings is 1. The normalized spacial score (nSPS) is 32.3. The van der Waals surface area contributed by atoms with Gasteiger partial charge in [-0.15, -0.1) is 0 Å². The summed E-state index contributed by atoms with van der Waals surface area (Å²) >= 11 is 0. The summed E-state index contributed by atoms with van der Waals surface area (Å²) < 4.78 is 10.8. The summed E-state index contributed by atoms with van der Waals surface area (Å²) in [5, 5.41) is 0.438. The fourth-order valence-electron chi connectivity index (χ4n) is 5.69. The molecule has 2 aliphatic rings. The third-order valence-corrected chi connectivity index (χ3v) is 7.58. The minimum Gasteiger partial charge on any atom is -0.494 e. The van der Waals surface area contributed by atoms with Crippen molar-refractivity contribution in [2.24, 2.45) is 5.92 Å². The molecular weight excluding hydrogens is 420 g/mol. The second-order valence-electron chi connectivity index (χ2n) is 10.2. The lowest BCUT2D eigenvalue weighted by Gasteiger charge is -2.80. The van der Waals surface area contributed by atoms with Crippen LogP contribution in [0.3, 0.4) is 0 Å². The highest BCUT2D eigenvalue weighted by Crippen LogP contribution is 2.70. The highest BCUT2D eigenvalue weighted by molar-refractivity contribution is 6.59. The third kappa shape index (κ3) is 3.30. The Morgan fingerprint density at radius 1 is 0.829 bits per heavy atom. The standard InChI is InChI=1S/C19H17B12NO3/c1-6(2)5-14(22)17(27,33)16(25,26)13-7-8(10(21)12(35-4)11(34-3)9(7)20)15(23,24)19(30,31)32(13)18(14,28)29/h6,13,33H,5H2,1-4H3. The van der Waals surface area contributed by atoms with Gasteiger partial charge in [-0.1, -0.05) is 46.9 Å². The average molecular weight is 437 g/mol. The molecule has 24 radical (unpaired) electrons. The number of fused-ring (bicyclic) bond motifs is 3. The predicted molar refractivity (Wildman–Crippen MR) is 149 cm³/mol. The van der Waals surface area contributed by atoms with Gasteiger partial charge in [0.25, 0.3) is 0 Å². The van der Waals surface area contributed by atoms with Crippen LogP contribution in [0.2, 0.25) is 10.5 Å². The van der Waals surface area contributed by atoms with Gasteiger partial charge in [-0.25, -0.2) is 0 Å². The van der Waals surface area contributed by atoms with Crippen molar-refractivity contribution in [3.05, 3.63) is 11.1 Å². The molecule has 1 fully saturated rings. The van der Waals surface area contributed by atoms with Crippen LogP contribution in [0.1, 0.15) is 37.4 Å². The summed E-state index contributed by atoms with van der Waals surface area (Å²) in [5.41, 5.74) is -2.91. The first kappa shape index (κ1) is 29.1. The largest absolute Gasteiger partial charge is 0.494 e. The highest BCUT2D eigenvalue weighted by atomic mass is 16.5. The first-order valence-electron chi connectivity index (χ1n) is 10.9. The Morgan fingerprint density at radius 3 is 1.71 bits per heavy atom. The van der Waals surface area contributed by atoms with Crippen LogP contribution in [-0.4, -0.2) is 135 Å². The summed E-state index contributed by atoms with van der Waals surface area (Å²) in [5.74, 6) is -0.184. The minimum atomic E-state index is -2.63. The molecule has 2 heterocycles. The van der Waals surface area contributed by atoms with Crippen LogP contribution >= 0.6 is 0 Å². The number of piperidine rings is 1. The lowest BCUT2D eigenvalue weighted by Crippen LogP contribution is -2.85. The molecule has 3 atom stereocenters. The first-order valence-corrected chi connectivity index (χ1v) is 10.9. The van der Waals surface area contributed by atoms with Gasteiger partial charge in [0.05, 0.1) is 84.8 Å². The van der Waals surface area contributed by atoms with Gasteiger partial charge in [0, 0.05) is 11.5 Å². The van der Waals surface area contributed by atoms with Crippen LogP contribution in [0.25, 0.3) is 0 Å². The first-order chi connectivity index (χ1) is 15.6. The molecule has 2 aliphatic heterocycles. The molecule has 0 spiro atoms. The molecule has 152 valence electrons. The third-order valence-electron chi connectivity index (χ3n) is 7.58. The fraction of sp³-hybridized carbons (Fsp3) is 0.684. The maximum Gasteiger partial charge on any atom is 0.153 e. The fourth-order valence-corrected chi connectivity index (χ4v) is 5.69. The van der Waals surface area contributed by atoms with Gasteiger partial charge in [-0.3, -0.25) is 0 Å². The predicted octanol–water partition coefficient (Wildman–Crippen LogP) is -4.18. The molecule has 3 rings (SSSR count). The van der Waals surface area contributed by atoms with Gasteiger partial charge < -0.3 is 19.5 Å². The number of ether oxygens (including phenoxy) is 2. The van der Waals surface area contributed by atoms with E-state index in [2.05, 4.69) is 0 Å². The lowest BCUT2D eigenvalue weighted by molar-refractivity contribution is -0.0939. The van der Waals surface area contributed by atoms with E-state index >= 15 is 0 Å². The van der Waals surface area contributed by atoms with E-state index in [0.717, 1.165) is 4.90 Å². The molecule has 0 amide bonds. The maximum absolute atomic E-state index is 11.7. The van der Waals surface area contributed by atoms with E-state index in [4.69, 9.17) is 104 Å². The van der Waals surface area contributed by atoms with E-state index in [9.17, 15) is 5.11 Å². The molecule has 1 N–H and O–H groups in total. The second kappa shape index (κ2) is 8.26. The lowest BCUT2D eigenvalue weighted by atomic mass is 9.17. The monoisotopic (exact) mass is 439 g/mol. The zero-order chi connectivity index (χ0) is 27.3. The number of methoxy groups -OCH3 is 2. The van der Waals surface area contributed by atoms with Crippen molar-refractivity contribution in [1.29, 1.82) is 0 Å². The Kier molecular flexibility index (Phi) is 6.86. The van der Waals surface area contributed by atoms with E-state index in [0.29, 0.717) is 0 Å². The number of hydrogen-bond donors (Lipinski definition) is 1. The molecule has 1 saturated heterocycles. The van der Waals surface area contributed by atoms with Crippen molar-refractivity contribution in [2.45, 2.75) is 58.2 Å². The SMILES string of the molecule is [B]c1c(OC)c(OC)c([B])c2c1C1N(C([B])([B])C2([B])[B])C([B])([B])C([B])(CC(C)C)C([B])(O)C1([B])[B]. The quantitative estimate of drug-likeness (QED) is 0.486. The van der Waals surface area contributed by atoms with Crippen LogP contribution in [0.4, 0.5) is 0 Å².